The minimum atomic E-state index is -4.80. The Morgan fingerprint density at radius 2 is 1.97 bits per heavy atom. The van der Waals surface area contributed by atoms with Gasteiger partial charge in [-0.2, -0.15) is 17.6 Å². The van der Waals surface area contributed by atoms with Crippen molar-refractivity contribution in [2.45, 2.75) is 37.6 Å². The molecular formula is C22H20F5N3O4. The molecule has 34 heavy (non-hydrogen) atoms. The highest BCUT2D eigenvalue weighted by molar-refractivity contribution is 5.89. The van der Waals surface area contributed by atoms with Crippen LogP contribution in [0, 0.1) is 17.6 Å². The van der Waals surface area contributed by atoms with Crippen LogP contribution in [0.15, 0.2) is 24.4 Å². The molecule has 0 unspecified atom stereocenters. The van der Waals surface area contributed by atoms with E-state index in [0.29, 0.717) is 5.52 Å². The number of aromatic nitrogens is 3. The standard InChI is InChI=1S/C22H20F5N3O4/c1-9-15(10-5-6-11(23)16(24)17(10)33-4)18(34-21(9,2)22(25,26)27)19-29-12-7-13(20(31)32)28-8-14(12)30(19)3/h5-9,15,18H,1-4H3,(H,31,32)/t9-,15-,18+,21+/m0/s1. The highest BCUT2D eigenvalue weighted by Gasteiger charge is 2.65. The average Bonchev–Trinajstić information content (AvgIpc) is 3.24. The number of halogens is 5. The van der Waals surface area contributed by atoms with Gasteiger partial charge in [0, 0.05) is 24.4 Å². The number of nitrogens with zero attached hydrogens (tertiary/aromatic N) is 3. The fourth-order valence-electron chi connectivity index (χ4n) is 4.52. The zero-order chi connectivity index (χ0) is 25.2. The number of hydrogen-bond donors (Lipinski definition) is 1. The maximum atomic E-state index is 14.5. The van der Waals surface area contributed by atoms with Crippen molar-refractivity contribution in [3.8, 4) is 5.75 Å². The van der Waals surface area contributed by atoms with Crippen molar-refractivity contribution >= 4 is 17.0 Å². The van der Waals surface area contributed by atoms with Gasteiger partial charge in [-0.1, -0.05) is 13.0 Å². The highest BCUT2D eigenvalue weighted by atomic mass is 19.4. The number of aryl methyl sites for hydroxylation is 1. The first kappa shape index (κ1) is 23.9. The molecule has 1 N–H and O–H groups in total. The second-order valence-electron chi connectivity index (χ2n) is 8.33. The molecule has 0 spiro atoms. The first-order chi connectivity index (χ1) is 15.8. The van der Waals surface area contributed by atoms with E-state index in [4.69, 9.17) is 9.47 Å². The summed E-state index contributed by atoms with van der Waals surface area (Å²) in [7, 11) is 2.61. The van der Waals surface area contributed by atoms with E-state index in [1.165, 1.54) is 36.9 Å². The molecule has 182 valence electrons. The number of ether oxygens (including phenoxy) is 2. The van der Waals surface area contributed by atoms with Gasteiger partial charge >= 0.3 is 12.1 Å². The molecule has 0 amide bonds. The summed E-state index contributed by atoms with van der Waals surface area (Å²) in [5, 5.41) is 9.19. The third kappa shape index (κ3) is 3.39. The molecule has 0 bridgehead atoms. The quantitative estimate of drug-likeness (QED) is 0.536. The first-order valence-electron chi connectivity index (χ1n) is 10.1. The molecule has 1 aliphatic heterocycles. The smallest absolute Gasteiger partial charge is 0.417 e. The molecule has 3 heterocycles. The summed E-state index contributed by atoms with van der Waals surface area (Å²) in [4.78, 5) is 19.4. The van der Waals surface area contributed by atoms with E-state index in [1.807, 2.05) is 0 Å². The van der Waals surface area contributed by atoms with Crippen LogP contribution in [0.3, 0.4) is 0 Å². The summed E-state index contributed by atoms with van der Waals surface area (Å²) in [5.41, 5.74) is -2.42. The number of alkyl halides is 3. The summed E-state index contributed by atoms with van der Waals surface area (Å²) in [5.74, 6) is -6.72. The van der Waals surface area contributed by atoms with Gasteiger partial charge in [-0.25, -0.2) is 19.2 Å². The third-order valence-electron chi connectivity index (χ3n) is 6.59. The molecule has 4 rings (SSSR count). The van der Waals surface area contributed by atoms with Gasteiger partial charge in [0.05, 0.1) is 24.3 Å². The van der Waals surface area contributed by atoms with E-state index in [-0.39, 0.29) is 22.6 Å². The Labute approximate surface area is 190 Å². The minimum Gasteiger partial charge on any atom is -0.493 e. The Kier molecular flexibility index (Phi) is 5.54. The molecule has 0 aliphatic carbocycles. The Morgan fingerprint density at radius 1 is 1.29 bits per heavy atom. The Morgan fingerprint density at radius 3 is 2.56 bits per heavy atom. The van der Waals surface area contributed by atoms with Gasteiger partial charge in [-0.3, -0.25) is 0 Å². The van der Waals surface area contributed by atoms with E-state index in [0.717, 1.165) is 20.1 Å². The van der Waals surface area contributed by atoms with Crippen molar-refractivity contribution in [3.63, 3.8) is 0 Å². The molecule has 12 heteroatoms. The lowest BCUT2D eigenvalue weighted by molar-refractivity contribution is -0.275. The number of imidazole rings is 1. The molecule has 2 aromatic heterocycles. The summed E-state index contributed by atoms with van der Waals surface area (Å²) >= 11 is 0. The first-order valence-corrected chi connectivity index (χ1v) is 10.1. The zero-order valence-electron chi connectivity index (χ0n) is 18.4. The van der Waals surface area contributed by atoms with E-state index >= 15 is 0 Å². The van der Waals surface area contributed by atoms with Crippen LogP contribution in [0.5, 0.6) is 5.75 Å². The monoisotopic (exact) mass is 485 g/mol. The SMILES string of the molecule is COc1c([C@H]2[C@H](c3nc4cc(C(=O)O)ncc4n3C)O[C@@](C)(C(F)(F)F)[C@H]2C)ccc(F)c1F. The van der Waals surface area contributed by atoms with Crippen LogP contribution in [0.2, 0.25) is 0 Å². The van der Waals surface area contributed by atoms with E-state index in [2.05, 4.69) is 9.97 Å². The number of carbonyl (C=O) groups is 1. The molecule has 1 fully saturated rings. The van der Waals surface area contributed by atoms with Gasteiger partial charge < -0.3 is 19.1 Å². The molecule has 4 atom stereocenters. The van der Waals surface area contributed by atoms with Crippen molar-refractivity contribution in [2.75, 3.05) is 7.11 Å². The second kappa shape index (κ2) is 7.90. The molecule has 1 aromatic carbocycles. The van der Waals surface area contributed by atoms with Gasteiger partial charge in [-0.05, 0) is 19.1 Å². The van der Waals surface area contributed by atoms with Crippen molar-refractivity contribution in [1.29, 1.82) is 0 Å². The van der Waals surface area contributed by atoms with Crippen molar-refractivity contribution < 1.29 is 41.3 Å². The lowest BCUT2D eigenvalue weighted by atomic mass is 9.77. The maximum Gasteiger partial charge on any atom is 0.417 e. The number of rotatable bonds is 4. The molecular weight excluding hydrogens is 465 g/mol. The van der Waals surface area contributed by atoms with Gasteiger partial charge in [-0.15, -0.1) is 0 Å². The predicted molar refractivity (Wildman–Crippen MR) is 109 cm³/mol. The van der Waals surface area contributed by atoms with Crippen LogP contribution >= 0.6 is 0 Å². The normalized spacial score (nSPS) is 25.1. The molecule has 1 aliphatic rings. The van der Waals surface area contributed by atoms with E-state index < -0.39 is 53.1 Å². The topological polar surface area (TPSA) is 86.5 Å². The largest absolute Gasteiger partial charge is 0.493 e. The predicted octanol–water partition coefficient (Wildman–Crippen LogP) is 4.77. The molecule has 1 saturated heterocycles. The number of carboxylic acid groups (broad SMARTS) is 1. The average molecular weight is 485 g/mol. The van der Waals surface area contributed by atoms with Crippen molar-refractivity contribution in [2.24, 2.45) is 13.0 Å². The second-order valence-corrected chi connectivity index (χ2v) is 8.33. The molecule has 7 nitrogen and oxygen atoms in total. The number of pyridine rings is 1. The fourth-order valence-corrected chi connectivity index (χ4v) is 4.52. The number of benzene rings is 1. The molecule has 3 aromatic rings. The van der Waals surface area contributed by atoms with Crippen LogP contribution in [0.25, 0.3) is 11.0 Å². The number of carboxylic acids is 1. The van der Waals surface area contributed by atoms with E-state index in [9.17, 15) is 31.9 Å². The fraction of sp³-hybridized carbons (Fsp3) is 0.409. The third-order valence-corrected chi connectivity index (χ3v) is 6.59. The van der Waals surface area contributed by atoms with Crippen LogP contribution in [0.4, 0.5) is 22.0 Å². The number of fused-ring (bicyclic) bond motifs is 1. The van der Waals surface area contributed by atoms with Crippen molar-refractivity contribution in [1.82, 2.24) is 14.5 Å². The van der Waals surface area contributed by atoms with Crippen LogP contribution in [-0.4, -0.2) is 44.5 Å². The number of aromatic carboxylic acids is 1. The number of methoxy groups -OCH3 is 1. The summed E-state index contributed by atoms with van der Waals surface area (Å²) < 4.78 is 82.9. The summed E-state index contributed by atoms with van der Waals surface area (Å²) in [6.45, 7) is 2.20. The maximum absolute atomic E-state index is 14.5. The zero-order valence-corrected chi connectivity index (χ0v) is 18.4. The van der Waals surface area contributed by atoms with E-state index in [1.54, 1.807) is 0 Å². The Hall–Kier alpha value is -3.28. The Balaban J connectivity index is 1.95. The lowest BCUT2D eigenvalue weighted by Gasteiger charge is -2.32. The molecule has 0 radical (unpaired) electrons. The van der Waals surface area contributed by atoms with Crippen LogP contribution in [-0.2, 0) is 11.8 Å². The summed E-state index contributed by atoms with van der Waals surface area (Å²) in [6, 6.07) is 3.18. The van der Waals surface area contributed by atoms with Crippen LogP contribution < -0.4 is 4.74 Å². The Bertz CT molecular complexity index is 1290. The lowest BCUT2D eigenvalue weighted by Crippen LogP contribution is -2.46. The number of hydrogen-bond acceptors (Lipinski definition) is 5. The molecule has 0 saturated carbocycles. The summed E-state index contributed by atoms with van der Waals surface area (Å²) in [6.07, 6.45) is -4.91. The highest BCUT2D eigenvalue weighted by Crippen LogP contribution is 2.59. The van der Waals surface area contributed by atoms with Gasteiger partial charge in [0.2, 0.25) is 5.82 Å². The van der Waals surface area contributed by atoms with Gasteiger partial charge in [0.25, 0.3) is 0 Å². The van der Waals surface area contributed by atoms with Gasteiger partial charge in [0.1, 0.15) is 17.6 Å². The minimum absolute atomic E-state index is 0.0109. The van der Waals surface area contributed by atoms with Gasteiger partial charge in [0.15, 0.2) is 17.2 Å². The van der Waals surface area contributed by atoms with Crippen LogP contribution in [0.1, 0.15) is 47.7 Å². The van der Waals surface area contributed by atoms with Crippen molar-refractivity contribution in [3.05, 3.63) is 53.1 Å².